The van der Waals surface area contributed by atoms with Crippen LogP contribution in [0.1, 0.15) is 31.7 Å². The monoisotopic (exact) mass is 228 g/mol. The molecule has 2 rings (SSSR count). The van der Waals surface area contributed by atoms with E-state index in [0.29, 0.717) is 5.75 Å². The molecule has 2 unspecified atom stereocenters. The van der Waals surface area contributed by atoms with Crippen molar-refractivity contribution in [3.63, 3.8) is 0 Å². The second-order valence-corrected chi connectivity index (χ2v) is 4.49. The zero-order valence-corrected chi connectivity index (χ0v) is 9.59. The van der Waals surface area contributed by atoms with Gasteiger partial charge in [0, 0.05) is 16.9 Å². The van der Waals surface area contributed by atoms with Gasteiger partial charge in [-0.2, -0.15) is 0 Å². The molecule has 82 valence electrons. The minimum atomic E-state index is -0.290. The molecular weight excluding hydrogens is 215 g/mol. The Bertz CT molecular complexity index is 367. The summed E-state index contributed by atoms with van der Waals surface area (Å²) >= 11 is 6.24. The van der Waals surface area contributed by atoms with Crippen LogP contribution in [0.3, 0.4) is 0 Å². The second kappa shape index (κ2) is 4.01. The van der Waals surface area contributed by atoms with Crippen molar-refractivity contribution in [2.75, 3.05) is 0 Å². The summed E-state index contributed by atoms with van der Waals surface area (Å²) in [4.78, 5) is 0. The highest BCUT2D eigenvalue weighted by Crippen LogP contribution is 2.43. The third kappa shape index (κ3) is 1.71. The van der Waals surface area contributed by atoms with Crippen LogP contribution in [0.4, 0.5) is 4.39 Å². The Morgan fingerprint density at radius 2 is 2.27 bits per heavy atom. The molecule has 0 spiro atoms. The number of rotatable bonds is 2. The summed E-state index contributed by atoms with van der Waals surface area (Å²) < 4.78 is 19.0. The average Bonchev–Trinajstić information content (AvgIpc) is 2.55. The van der Waals surface area contributed by atoms with Gasteiger partial charge in [0.15, 0.2) is 11.6 Å². The first-order chi connectivity index (χ1) is 7.15. The van der Waals surface area contributed by atoms with Crippen LogP contribution in [0.25, 0.3) is 0 Å². The Morgan fingerprint density at radius 1 is 1.53 bits per heavy atom. The molecule has 15 heavy (non-hydrogen) atoms. The molecule has 1 heterocycles. The number of benzene rings is 1. The number of hydrogen-bond acceptors (Lipinski definition) is 1. The SMILES string of the molecule is CCC(Cl)C1c2cccc(F)c2O[C@H]1C. The highest BCUT2D eigenvalue weighted by atomic mass is 35.5. The summed E-state index contributed by atoms with van der Waals surface area (Å²) in [6.07, 6.45) is 0.815. The van der Waals surface area contributed by atoms with Crippen LogP contribution in [-0.2, 0) is 0 Å². The van der Waals surface area contributed by atoms with Crippen LogP contribution < -0.4 is 4.74 Å². The lowest BCUT2D eigenvalue weighted by Crippen LogP contribution is -2.22. The number of hydrogen-bond donors (Lipinski definition) is 0. The van der Waals surface area contributed by atoms with Crippen LogP contribution in [0.2, 0.25) is 0 Å². The summed E-state index contributed by atoms with van der Waals surface area (Å²) in [6, 6.07) is 5.03. The maximum atomic E-state index is 13.4. The minimum Gasteiger partial charge on any atom is -0.487 e. The molecule has 1 aromatic rings. The van der Waals surface area contributed by atoms with E-state index in [1.807, 2.05) is 19.9 Å². The molecule has 0 aromatic heterocycles. The lowest BCUT2D eigenvalue weighted by Gasteiger charge is -2.19. The van der Waals surface area contributed by atoms with Crippen LogP contribution in [0.15, 0.2) is 18.2 Å². The van der Waals surface area contributed by atoms with E-state index < -0.39 is 0 Å². The molecule has 1 aromatic carbocycles. The number of alkyl halides is 1. The quantitative estimate of drug-likeness (QED) is 0.702. The molecule has 0 fully saturated rings. The Hall–Kier alpha value is -0.760. The van der Waals surface area contributed by atoms with Gasteiger partial charge in [0.1, 0.15) is 6.10 Å². The summed E-state index contributed by atoms with van der Waals surface area (Å²) in [5.41, 5.74) is 0.907. The first kappa shape index (κ1) is 10.7. The highest BCUT2D eigenvalue weighted by molar-refractivity contribution is 6.21. The fourth-order valence-corrected chi connectivity index (χ4v) is 2.51. The maximum absolute atomic E-state index is 13.4. The smallest absolute Gasteiger partial charge is 0.165 e. The molecule has 0 saturated heterocycles. The predicted molar refractivity (Wildman–Crippen MR) is 59.2 cm³/mol. The third-order valence-electron chi connectivity index (χ3n) is 2.95. The van der Waals surface area contributed by atoms with Crippen LogP contribution in [0, 0.1) is 5.82 Å². The summed E-state index contributed by atoms with van der Waals surface area (Å²) in [6.45, 7) is 3.97. The van der Waals surface area contributed by atoms with E-state index in [1.165, 1.54) is 6.07 Å². The van der Waals surface area contributed by atoms with Crippen molar-refractivity contribution in [3.8, 4) is 5.75 Å². The fourth-order valence-electron chi connectivity index (χ4n) is 2.17. The van der Waals surface area contributed by atoms with E-state index >= 15 is 0 Å². The molecule has 3 atom stereocenters. The van der Waals surface area contributed by atoms with Crippen molar-refractivity contribution in [1.82, 2.24) is 0 Å². The largest absolute Gasteiger partial charge is 0.487 e. The van der Waals surface area contributed by atoms with Crippen molar-refractivity contribution < 1.29 is 9.13 Å². The van der Waals surface area contributed by atoms with Gasteiger partial charge < -0.3 is 4.74 Å². The Kier molecular flexibility index (Phi) is 2.87. The van der Waals surface area contributed by atoms with E-state index in [-0.39, 0.29) is 23.2 Å². The first-order valence-electron chi connectivity index (χ1n) is 5.24. The molecule has 0 bridgehead atoms. The van der Waals surface area contributed by atoms with Gasteiger partial charge in [0.25, 0.3) is 0 Å². The molecule has 1 aliphatic heterocycles. The van der Waals surface area contributed by atoms with E-state index in [2.05, 4.69) is 0 Å². The zero-order valence-electron chi connectivity index (χ0n) is 8.84. The van der Waals surface area contributed by atoms with Gasteiger partial charge in [-0.05, 0) is 19.4 Å². The summed E-state index contributed by atoms with van der Waals surface area (Å²) in [5.74, 6) is 0.193. The Balaban J connectivity index is 2.41. The van der Waals surface area contributed by atoms with Crippen molar-refractivity contribution in [2.24, 2.45) is 0 Å². The van der Waals surface area contributed by atoms with Crippen molar-refractivity contribution in [2.45, 2.75) is 37.7 Å². The molecule has 1 nitrogen and oxygen atoms in total. The van der Waals surface area contributed by atoms with Gasteiger partial charge in [-0.3, -0.25) is 0 Å². The molecule has 0 aliphatic carbocycles. The Morgan fingerprint density at radius 3 is 2.93 bits per heavy atom. The minimum absolute atomic E-state index is 0.00282. The predicted octanol–water partition coefficient (Wildman–Crippen LogP) is 3.71. The van der Waals surface area contributed by atoms with E-state index in [1.54, 1.807) is 6.07 Å². The van der Waals surface area contributed by atoms with Gasteiger partial charge in [0.05, 0.1) is 0 Å². The normalized spacial score (nSPS) is 25.9. The average molecular weight is 229 g/mol. The Labute approximate surface area is 94.2 Å². The van der Waals surface area contributed by atoms with Gasteiger partial charge in [-0.1, -0.05) is 19.1 Å². The topological polar surface area (TPSA) is 9.23 Å². The number of fused-ring (bicyclic) bond motifs is 1. The molecule has 0 radical (unpaired) electrons. The van der Waals surface area contributed by atoms with E-state index in [9.17, 15) is 4.39 Å². The fraction of sp³-hybridized carbons (Fsp3) is 0.500. The molecule has 1 aliphatic rings. The van der Waals surface area contributed by atoms with Crippen LogP contribution in [-0.4, -0.2) is 11.5 Å². The van der Waals surface area contributed by atoms with Gasteiger partial charge in [0.2, 0.25) is 0 Å². The number of para-hydroxylation sites is 1. The van der Waals surface area contributed by atoms with E-state index in [4.69, 9.17) is 16.3 Å². The van der Waals surface area contributed by atoms with Crippen molar-refractivity contribution in [3.05, 3.63) is 29.6 Å². The first-order valence-corrected chi connectivity index (χ1v) is 5.68. The number of halogens is 2. The summed E-state index contributed by atoms with van der Waals surface area (Å²) in [7, 11) is 0. The molecule has 0 saturated carbocycles. The van der Waals surface area contributed by atoms with Gasteiger partial charge in [-0.15, -0.1) is 11.6 Å². The highest BCUT2D eigenvalue weighted by Gasteiger charge is 2.36. The van der Waals surface area contributed by atoms with Crippen LogP contribution in [0.5, 0.6) is 5.75 Å². The summed E-state index contributed by atoms with van der Waals surface area (Å²) in [5, 5.41) is 0.00282. The molecule has 3 heteroatoms. The standard InChI is InChI=1S/C12H14ClFO/c1-3-9(13)11-7(2)15-12-8(11)5-4-6-10(12)14/h4-7,9,11H,3H2,1-2H3/t7-,9?,11?/m0/s1. The van der Waals surface area contributed by atoms with Gasteiger partial charge in [-0.25, -0.2) is 4.39 Å². The van der Waals surface area contributed by atoms with Gasteiger partial charge >= 0.3 is 0 Å². The maximum Gasteiger partial charge on any atom is 0.165 e. The number of ether oxygens (including phenoxy) is 1. The lowest BCUT2D eigenvalue weighted by atomic mass is 9.91. The molecule has 0 N–H and O–H groups in total. The molecule has 0 amide bonds. The van der Waals surface area contributed by atoms with Crippen molar-refractivity contribution >= 4 is 11.6 Å². The van der Waals surface area contributed by atoms with E-state index in [0.717, 1.165) is 12.0 Å². The third-order valence-corrected chi connectivity index (χ3v) is 3.53. The van der Waals surface area contributed by atoms with Crippen LogP contribution >= 0.6 is 11.6 Å². The molecular formula is C12H14ClFO. The lowest BCUT2D eigenvalue weighted by molar-refractivity contribution is 0.215. The zero-order chi connectivity index (χ0) is 11.0. The second-order valence-electron chi connectivity index (χ2n) is 3.93. The van der Waals surface area contributed by atoms with Crippen molar-refractivity contribution in [1.29, 1.82) is 0 Å².